The van der Waals surface area contributed by atoms with Crippen molar-refractivity contribution in [3.05, 3.63) is 34.3 Å². The van der Waals surface area contributed by atoms with Gasteiger partial charge in [0.1, 0.15) is 0 Å². The molecule has 9 atom stereocenters. The predicted octanol–water partition coefficient (Wildman–Crippen LogP) is 5.32. The van der Waals surface area contributed by atoms with Gasteiger partial charge in [0, 0.05) is 112 Å². The van der Waals surface area contributed by atoms with E-state index in [1.165, 1.54) is 0 Å². The molecule has 0 aromatic heterocycles. The van der Waals surface area contributed by atoms with Crippen LogP contribution in [0.25, 0.3) is 0 Å². The number of aliphatic imine (C=N–C) groups is 3. The molecule has 5 heterocycles. The Labute approximate surface area is 365 Å². The van der Waals surface area contributed by atoms with Gasteiger partial charge in [0.15, 0.2) is 0 Å². The Morgan fingerprint density at radius 1 is 0.683 bits per heavy atom. The molecule has 0 saturated carbocycles. The lowest BCUT2D eigenvalue weighted by Crippen LogP contribution is -2.55. The van der Waals surface area contributed by atoms with E-state index in [1.54, 1.807) is 47.6 Å². The number of primary amides is 1. The molecular weight excluding hydrogens is 819 g/mol. The molecule has 1 fully saturated rings. The van der Waals surface area contributed by atoms with E-state index in [2.05, 4.69) is 5.32 Å². The number of fused-ring (bicyclic) bond motifs is 6. The van der Waals surface area contributed by atoms with Crippen LogP contribution in [0.2, 0.25) is 0 Å². The maximum absolute atomic E-state index is 13.1. The number of nitrogens with one attached hydrogen (secondary N) is 1. The van der Waals surface area contributed by atoms with Gasteiger partial charge in [0.25, 0.3) is 0 Å². The first-order valence-electron chi connectivity index (χ1n) is 21.3. The van der Waals surface area contributed by atoms with Crippen molar-refractivity contribution < 1.29 is 64.2 Å². The van der Waals surface area contributed by atoms with Crippen LogP contribution in [0.5, 0.6) is 0 Å². The van der Waals surface area contributed by atoms with Crippen LogP contribution in [0.3, 0.4) is 0 Å². The summed E-state index contributed by atoms with van der Waals surface area (Å²) in [6, 6.07) is -1.13. The average molecular weight is 880 g/mol. The minimum Gasteiger partial charge on any atom is -0.481 e. The van der Waals surface area contributed by atoms with Gasteiger partial charge < -0.3 is 41.7 Å². The summed E-state index contributed by atoms with van der Waals surface area (Å²) in [4.78, 5) is 104. The van der Waals surface area contributed by atoms with E-state index in [0.29, 0.717) is 45.4 Å². The van der Waals surface area contributed by atoms with Gasteiger partial charge in [-0.3, -0.25) is 48.5 Å². The third-order valence-corrected chi connectivity index (χ3v) is 15.3. The zero-order valence-corrected chi connectivity index (χ0v) is 37.2. The lowest BCUT2D eigenvalue weighted by Gasteiger charge is -2.48. The van der Waals surface area contributed by atoms with Gasteiger partial charge in [-0.25, -0.2) is 0 Å². The molecule has 5 rings (SSSR count). The number of aliphatic carboxylic acids is 6. The lowest BCUT2D eigenvalue weighted by atomic mass is 9.55. The highest BCUT2D eigenvalue weighted by atomic mass is 16.4. The summed E-state index contributed by atoms with van der Waals surface area (Å²) in [6.45, 7) is 14.2. The van der Waals surface area contributed by atoms with E-state index in [0.717, 1.165) is 0 Å². The zero-order valence-electron chi connectivity index (χ0n) is 37.2. The second-order valence-electron chi connectivity index (χ2n) is 19.5. The molecule has 0 unspecified atom stereocenters. The monoisotopic (exact) mass is 879 g/mol. The summed E-state index contributed by atoms with van der Waals surface area (Å²) in [5.74, 6) is -10.8. The minimum absolute atomic E-state index is 0.0354. The van der Waals surface area contributed by atoms with Crippen LogP contribution in [-0.2, 0) is 33.6 Å². The van der Waals surface area contributed by atoms with Crippen molar-refractivity contribution in [2.24, 2.45) is 66.0 Å². The molecule has 344 valence electrons. The van der Waals surface area contributed by atoms with E-state index in [1.807, 2.05) is 13.8 Å². The van der Waals surface area contributed by atoms with Crippen molar-refractivity contribution in [3.8, 4) is 0 Å². The third-order valence-electron chi connectivity index (χ3n) is 15.3. The summed E-state index contributed by atoms with van der Waals surface area (Å²) in [7, 11) is 0. The molecule has 18 nitrogen and oxygen atoms in total. The summed E-state index contributed by atoms with van der Waals surface area (Å²) < 4.78 is 0. The lowest BCUT2D eigenvalue weighted by molar-refractivity contribution is -0.143. The Morgan fingerprint density at radius 2 is 1.22 bits per heavy atom. The Hall–Kier alpha value is -5.68. The Morgan fingerprint density at radius 3 is 1.73 bits per heavy atom. The maximum atomic E-state index is 13.1. The van der Waals surface area contributed by atoms with Crippen molar-refractivity contribution in [2.75, 3.05) is 0 Å². The Bertz CT molecular complexity index is 2220. The molecule has 0 aromatic rings. The van der Waals surface area contributed by atoms with Crippen LogP contribution >= 0.6 is 0 Å². The fourth-order valence-corrected chi connectivity index (χ4v) is 11.8. The Balaban J connectivity index is 2.03. The largest absolute Gasteiger partial charge is 0.481 e. The number of allylic oxidation sites excluding steroid dienone is 6. The van der Waals surface area contributed by atoms with E-state index in [4.69, 9.17) is 20.7 Å². The summed E-state index contributed by atoms with van der Waals surface area (Å²) in [5.41, 5.74) is 2.87. The highest BCUT2D eigenvalue weighted by Gasteiger charge is 2.66. The number of hydrogen-bond acceptors (Lipinski definition) is 11. The molecule has 5 aliphatic heterocycles. The number of carboxylic acids is 6. The number of nitrogens with two attached hydrogens (primary N) is 1. The molecule has 0 spiro atoms. The van der Waals surface area contributed by atoms with E-state index >= 15 is 0 Å². The van der Waals surface area contributed by atoms with Crippen molar-refractivity contribution in [3.63, 3.8) is 0 Å². The quantitative estimate of drug-likeness (QED) is 0.0864. The fourth-order valence-electron chi connectivity index (χ4n) is 11.8. The van der Waals surface area contributed by atoms with Crippen LogP contribution in [-0.4, -0.2) is 101 Å². The van der Waals surface area contributed by atoms with E-state index in [9.17, 15) is 64.2 Å². The first-order valence-corrected chi connectivity index (χ1v) is 21.3. The molecule has 9 N–H and O–H groups in total. The van der Waals surface area contributed by atoms with Crippen LogP contribution < -0.4 is 11.1 Å². The van der Waals surface area contributed by atoms with Gasteiger partial charge in [-0.1, -0.05) is 34.6 Å². The number of nitrogens with zero attached hydrogens (tertiary/aromatic N) is 3. The SMILES string of the molecule is CC1=C2N/C(=C\C3=NC(=C(/C)C4=N[C@H]([C@H](CC(=O)O)[C@@]4(C)CCC(=O)O)[C@]4(C)N=C1[C@@H](CCC(=O)O)[C@]4(C)CC(=O)O)/[C@@H](CCC(=O)O)C3(C)C)[C@@H](CCC(=O)O)[C@]2(C)CC(N)=O. The number of carbonyl (C=O) groups is 7. The third kappa shape index (κ3) is 8.56. The van der Waals surface area contributed by atoms with Crippen LogP contribution in [0, 0.1) is 45.3 Å². The summed E-state index contributed by atoms with van der Waals surface area (Å²) in [6.07, 6.45) is -0.957. The topological polar surface area (TPSA) is 316 Å². The minimum atomic E-state index is -1.60. The number of hydrogen-bond donors (Lipinski definition) is 8. The molecule has 1 amide bonds. The van der Waals surface area contributed by atoms with Crippen molar-refractivity contribution >= 4 is 58.9 Å². The average Bonchev–Trinajstić information content (AvgIpc) is 3.75. The molecule has 0 aromatic carbocycles. The van der Waals surface area contributed by atoms with Crippen LogP contribution in [0.4, 0.5) is 0 Å². The molecule has 8 bridgehead atoms. The second kappa shape index (κ2) is 17.1. The van der Waals surface area contributed by atoms with Gasteiger partial charge in [-0.05, 0) is 63.7 Å². The van der Waals surface area contributed by atoms with Crippen LogP contribution in [0.15, 0.2) is 49.3 Å². The van der Waals surface area contributed by atoms with Gasteiger partial charge >= 0.3 is 35.8 Å². The zero-order chi connectivity index (χ0) is 47.4. The molecule has 0 radical (unpaired) electrons. The summed E-state index contributed by atoms with van der Waals surface area (Å²) in [5, 5.41) is 64.7. The summed E-state index contributed by atoms with van der Waals surface area (Å²) >= 11 is 0. The predicted molar refractivity (Wildman–Crippen MR) is 229 cm³/mol. The highest BCUT2D eigenvalue weighted by molar-refractivity contribution is 6.10. The molecule has 63 heavy (non-hydrogen) atoms. The smallest absolute Gasteiger partial charge is 0.304 e. The van der Waals surface area contributed by atoms with Gasteiger partial charge in [-0.2, -0.15) is 0 Å². The van der Waals surface area contributed by atoms with Crippen molar-refractivity contribution in [2.45, 2.75) is 138 Å². The second-order valence-corrected chi connectivity index (χ2v) is 19.5. The van der Waals surface area contributed by atoms with Gasteiger partial charge in [0.2, 0.25) is 5.91 Å². The fraction of sp³-hybridized carbons (Fsp3) is 0.644. The van der Waals surface area contributed by atoms with Crippen molar-refractivity contribution in [1.29, 1.82) is 0 Å². The Kier molecular flexibility index (Phi) is 13.1. The van der Waals surface area contributed by atoms with Crippen LogP contribution in [0.1, 0.15) is 126 Å². The standard InChI is InChI=1S/C45H61N5O13/c1-21-36-24(10-13-31(54)55)41(3,4)28(48-36)18-27-23(9-12-30(52)53)43(6,19-29(46)51)39(47-27)22(2)37-25(11-14-32(56)57)44(7,20-35(62)63)45(8,50-37)40-26(17-34(60)61)42(5,38(21)49-40)16-15-33(58)59/h18,23-26,40,47H,9-17,19-20H2,1-8H3,(H2,46,51)(H,52,53)(H,54,55)(H,56,57)(H,58,59)(H,60,61)(H,62,63)/b27-18-,36-21-,39-22?/t23-,24-,25-,26+,40-,42-,43+,44+,45+/m1/s1. The first kappa shape index (κ1) is 48.4. The first-order chi connectivity index (χ1) is 29.0. The van der Waals surface area contributed by atoms with Gasteiger partial charge in [-0.15, -0.1) is 0 Å². The maximum Gasteiger partial charge on any atom is 0.304 e. The number of carbonyl (C=O) groups excluding carboxylic acids is 1. The molecular formula is C45H61N5O13. The van der Waals surface area contributed by atoms with Gasteiger partial charge in [0.05, 0.1) is 24.4 Å². The normalized spacial score (nSPS) is 35.0. The highest BCUT2D eigenvalue weighted by Crippen LogP contribution is 2.62. The van der Waals surface area contributed by atoms with E-state index in [-0.39, 0.29) is 51.4 Å². The number of amides is 1. The molecule has 5 aliphatic rings. The number of carboxylic acid groups (broad SMARTS) is 6. The van der Waals surface area contributed by atoms with E-state index < -0.39 is 118 Å². The van der Waals surface area contributed by atoms with Crippen molar-refractivity contribution in [1.82, 2.24) is 5.32 Å². The molecule has 18 heteroatoms. The number of rotatable bonds is 18. The molecule has 0 aliphatic carbocycles. The molecule has 1 saturated heterocycles.